The van der Waals surface area contributed by atoms with Crippen LogP contribution in [0, 0.1) is 5.92 Å². The first kappa shape index (κ1) is 20.0. The largest absolute Gasteiger partial charge is 0.496 e. The molecular weight excluding hydrogens is 304 g/mol. The minimum Gasteiger partial charge on any atom is -0.496 e. The first-order valence-corrected chi connectivity index (χ1v) is 8.68. The smallest absolute Gasteiger partial charge is 0.223 e. The average Bonchev–Trinajstić information content (AvgIpc) is 2.58. The lowest BCUT2D eigenvalue weighted by atomic mass is 10.0. The maximum absolute atomic E-state index is 12.0. The van der Waals surface area contributed by atoms with Crippen molar-refractivity contribution in [2.45, 2.75) is 40.0 Å². The highest BCUT2D eigenvalue weighted by atomic mass is 16.5. The number of carbonyl (C=O) groups excluding carboxylic acids is 2. The normalized spacial score (nSPS) is 10.5. The molecule has 0 bridgehead atoms. The van der Waals surface area contributed by atoms with Crippen molar-refractivity contribution in [3.63, 3.8) is 0 Å². The Morgan fingerprint density at radius 1 is 1.17 bits per heavy atom. The Morgan fingerprint density at radius 3 is 2.42 bits per heavy atom. The number of methoxy groups -OCH3 is 1. The molecule has 0 atom stereocenters. The van der Waals surface area contributed by atoms with E-state index in [-0.39, 0.29) is 17.7 Å². The van der Waals surface area contributed by atoms with Crippen LogP contribution in [0.4, 0.5) is 0 Å². The Morgan fingerprint density at radius 2 is 1.83 bits per heavy atom. The zero-order chi connectivity index (χ0) is 17.9. The minimum atomic E-state index is 0.0154. The van der Waals surface area contributed by atoms with Crippen LogP contribution >= 0.6 is 0 Å². The quantitative estimate of drug-likeness (QED) is 0.715. The Hall–Kier alpha value is -2.04. The van der Waals surface area contributed by atoms with E-state index in [0.717, 1.165) is 30.6 Å². The molecule has 0 aliphatic heterocycles. The standard InChI is InChI=1S/C19H30N2O3/c1-5-16(6-2)19(23)20-12-14-21(15(3)22)13-11-17-9-7-8-10-18(17)24-4/h7-10,16H,5-6,11-14H2,1-4H3,(H,20,23). The van der Waals surface area contributed by atoms with E-state index in [1.165, 1.54) is 0 Å². The predicted octanol–water partition coefficient (Wildman–Crippen LogP) is 2.64. The third-order valence-electron chi connectivity index (χ3n) is 4.33. The number of para-hydroxylation sites is 1. The second kappa shape index (κ2) is 10.7. The van der Waals surface area contributed by atoms with Gasteiger partial charge < -0.3 is 15.0 Å². The molecule has 1 N–H and O–H groups in total. The molecule has 0 aliphatic rings. The molecule has 24 heavy (non-hydrogen) atoms. The van der Waals surface area contributed by atoms with Crippen LogP contribution in [0.25, 0.3) is 0 Å². The third-order valence-corrected chi connectivity index (χ3v) is 4.33. The highest BCUT2D eigenvalue weighted by Gasteiger charge is 2.15. The fourth-order valence-electron chi connectivity index (χ4n) is 2.71. The number of carbonyl (C=O) groups is 2. The number of amides is 2. The molecule has 1 rings (SSSR count). The molecule has 0 heterocycles. The van der Waals surface area contributed by atoms with E-state index in [1.807, 2.05) is 38.1 Å². The van der Waals surface area contributed by atoms with Gasteiger partial charge in [0.15, 0.2) is 0 Å². The molecule has 0 unspecified atom stereocenters. The zero-order valence-electron chi connectivity index (χ0n) is 15.3. The van der Waals surface area contributed by atoms with Crippen LogP contribution in [0.1, 0.15) is 39.2 Å². The summed E-state index contributed by atoms with van der Waals surface area (Å²) in [6.45, 7) is 7.21. The van der Waals surface area contributed by atoms with Gasteiger partial charge in [-0.3, -0.25) is 9.59 Å². The van der Waals surface area contributed by atoms with Crippen molar-refractivity contribution in [2.75, 3.05) is 26.7 Å². The molecule has 1 aromatic carbocycles. The van der Waals surface area contributed by atoms with Gasteiger partial charge in [-0.25, -0.2) is 0 Å². The summed E-state index contributed by atoms with van der Waals surface area (Å²) >= 11 is 0. The molecule has 134 valence electrons. The SMILES string of the molecule is CCC(CC)C(=O)NCCN(CCc1ccccc1OC)C(C)=O. The van der Waals surface area contributed by atoms with Crippen molar-refractivity contribution in [3.8, 4) is 5.75 Å². The van der Waals surface area contributed by atoms with Crippen molar-refractivity contribution in [1.29, 1.82) is 0 Å². The van der Waals surface area contributed by atoms with Crippen molar-refractivity contribution in [2.24, 2.45) is 5.92 Å². The summed E-state index contributed by atoms with van der Waals surface area (Å²) in [6, 6.07) is 7.82. The Balaban J connectivity index is 2.50. The average molecular weight is 334 g/mol. The maximum atomic E-state index is 12.0. The molecular formula is C19H30N2O3. The summed E-state index contributed by atoms with van der Waals surface area (Å²) in [4.78, 5) is 25.6. The third kappa shape index (κ3) is 6.22. The highest BCUT2D eigenvalue weighted by molar-refractivity contribution is 5.78. The summed E-state index contributed by atoms with van der Waals surface area (Å²) in [5.74, 6) is 0.988. The van der Waals surface area contributed by atoms with Crippen LogP contribution in [0.15, 0.2) is 24.3 Å². The highest BCUT2D eigenvalue weighted by Crippen LogP contribution is 2.18. The van der Waals surface area contributed by atoms with Crippen LogP contribution < -0.4 is 10.1 Å². The zero-order valence-corrected chi connectivity index (χ0v) is 15.3. The molecule has 0 spiro atoms. The van der Waals surface area contributed by atoms with Gasteiger partial charge >= 0.3 is 0 Å². The van der Waals surface area contributed by atoms with E-state index in [1.54, 1.807) is 18.9 Å². The van der Waals surface area contributed by atoms with Gasteiger partial charge in [0.25, 0.3) is 0 Å². The Kier molecular flexibility index (Phi) is 8.90. The molecule has 0 radical (unpaired) electrons. The molecule has 0 saturated carbocycles. The van der Waals surface area contributed by atoms with E-state index < -0.39 is 0 Å². The molecule has 1 aromatic rings. The first-order valence-electron chi connectivity index (χ1n) is 8.68. The molecule has 2 amide bonds. The Bertz CT molecular complexity index is 527. The van der Waals surface area contributed by atoms with Crippen molar-refractivity contribution >= 4 is 11.8 Å². The lowest BCUT2D eigenvalue weighted by molar-refractivity contribution is -0.130. The van der Waals surface area contributed by atoms with E-state index in [4.69, 9.17) is 4.74 Å². The number of rotatable bonds is 10. The van der Waals surface area contributed by atoms with E-state index >= 15 is 0 Å². The van der Waals surface area contributed by atoms with Gasteiger partial charge in [-0.1, -0.05) is 32.0 Å². The lowest BCUT2D eigenvalue weighted by Crippen LogP contribution is -2.40. The molecule has 0 saturated heterocycles. The van der Waals surface area contributed by atoms with Crippen LogP contribution in [0.2, 0.25) is 0 Å². The Labute approximate surface area is 145 Å². The molecule has 5 heteroatoms. The van der Waals surface area contributed by atoms with Crippen molar-refractivity contribution < 1.29 is 14.3 Å². The van der Waals surface area contributed by atoms with Crippen molar-refractivity contribution in [3.05, 3.63) is 29.8 Å². The fourth-order valence-corrected chi connectivity index (χ4v) is 2.71. The minimum absolute atomic E-state index is 0.0154. The molecule has 0 fully saturated rings. The fraction of sp³-hybridized carbons (Fsp3) is 0.579. The molecule has 0 aromatic heterocycles. The predicted molar refractivity (Wildman–Crippen MR) is 96.0 cm³/mol. The number of hydrogen-bond acceptors (Lipinski definition) is 3. The number of nitrogens with one attached hydrogen (secondary N) is 1. The van der Waals surface area contributed by atoms with Gasteiger partial charge in [-0.15, -0.1) is 0 Å². The number of benzene rings is 1. The topological polar surface area (TPSA) is 58.6 Å². The number of nitrogens with zero attached hydrogens (tertiary/aromatic N) is 1. The van der Waals surface area contributed by atoms with E-state index in [0.29, 0.717) is 19.6 Å². The van der Waals surface area contributed by atoms with Crippen LogP contribution in [-0.2, 0) is 16.0 Å². The number of ether oxygens (including phenoxy) is 1. The monoisotopic (exact) mass is 334 g/mol. The van der Waals surface area contributed by atoms with Gasteiger partial charge in [0, 0.05) is 32.5 Å². The van der Waals surface area contributed by atoms with Gasteiger partial charge in [0.05, 0.1) is 7.11 Å². The van der Waals surface area contributed by atoms with Gasteiger partial charge in [-0.2, -0.15) is 0 Å². The van der Waals surface area contributed by atoms with Gasteiger partial charge in [0.2, 0.25) is 11.8 Å². The second-order valence-electron chi connectivity index (χ2n) is 5.87. The van der Waals surface area contributed by atoms with E-state index in [9.17, 15) is 9.59 Å². The van der Waals surface area contributed by atoms with Crippen molar-refractivity contribution in [1.82, 2.24) is 10.2 Å². The number of hydrogen-bond donors (Lipinski definition) is 1. The second-order valence-corrected chi connectivity index (χ2v) is 5.87. The molecule has 0 aliphatic carbocycles. The summed E-state index contributed by atoms with van der Waals surface area (Å²) in [5.41, 5.74) is 1.08. The first-order chi connectivity index (χ1) is 11.5. The maximum Gasteiger partial charge on any atom is 0.223 e. The summed E-state index contributed by atoms with van der Waals surface area (Å²) < 4.78 is 5.34. The molecule has 5 nitrogen and oxygen atoms in total. The lowest BCUT2D eigenvalue weighted by Gasteiger charge is -2.22. The van der Waals surface area contributed by atoms with Crippen LogP contribution in [0.3, 0.4) is 0 Å². The van der Waals surface area contributed by atoms with E-state index in [2.05, 4.69) is 5.32 Å². The summed E-state index contributed by atoms with van der Waals surface area (Å²) in [7, 11) is 1.65. The van der Waals surface area contributed by atoms with Crippen LogP contribution in [0.5, 0.6) is 5.75 Å². The van der Waals surface area contributed by atoms with Gasteiger partial charge in [-0.05, 0) is 30.9 Å². The summed E-state index contributed by atoms with van der Waals surface area (Å²) in [5, 5.41) is 2.93. The summed E-state index contributed by atoms with van der Waals surface area (Å²) in [6.07, 6.45) is 2.41. The van der Waals surface area contributed by atoms with Gasteiger partial charge in [0.1, 0.15) is 5.75 Å². The van der Waals surface area contributed by atoms with Crippen LogP contribution in [-0.4, -0.2) is 43.5 Å².